The van der Waals surface area contributed by atoms with Crippen LogP contribution in [0, 0.1) is 11.3 Å². The van der Waals surface area contributed by atoms with Crippen molar-refractivity contribution in [1.82, 2.24) is 0 Å². The van der Waals surface area contributed by atoms with Gasteiger partial charge in [-0.25, -0.2) is 0 Å². The van der Waals surface area contributed by atoms with Crippen molar-refractivity contribution in [2.45, 2.75) is 13.0 Å². The summed E-state index contributed by atoms with van der Waals surface area (Å²) in [6.45, 7) is 4.21. The number of anilines is 1. The number of aliphatic hydroxyl groups is 1. The maximum atomic E-state index is 9.90. The van der Waals surface area contributed by atoms with Crippen molar-refractivity contribution in [2.24, 2.45) is 0 Å². The lowest BCUT2D eigenvalue weighted by Gasteiger charge is -2.27. The predicted molar refractivity (Wildman–Crippen MR) is 77.8 cm³/mol. The summed E-state index contributed by atoms with van der Waals surface area (Å²) in [5, 5.41) is 18.9. The van der Waals surface area contributed by atoms with Crippen molar-refractivity contribution in [3.63, 3.8) is 0 Å². The Morgan fingerprint density at radius 3 is 2.30 bits per heavy atom. The maximum absolute atomic E-state index is 9.90. The van der Waals surface area contributed by atoms with Crippen LogP contribution in [-0.2, 0) is 9.47 Å². The highest BCUT2D eigenvalue weighted by Crippen LogP contribution is 2.27. The molecule has 5 nitrogen and oxygen atoms in total. The zero-order valence-electron chi connectivity index (χ0n) is 12.3. The molecule has 0 aliphatic carbocycles. The fourth-order valence-electron chi connectivity index (χ4n) is 2.00. The minimum Gasteiger partial charge on any atom is -0.389 e. The van der Waals surface area contributed by atoms with Crippen LogP contribution in [0.25, 0.3) is 0 Å². The number of methoxy groups -OCH3 is 2. The minimum atomic E-state index is -0.592. The SMILES string of the molecule is COCCN(CCOC)c1cc(C#N)ccc1[C@@H](C)O. The number of hydrogen-bond donors (Lipinski definition) is 1. The molecule has 0 spiro atoms. The summed E-state index contributed by atoms with van der Waals surface area (Å²) in [5.74, 6) is 0. The van der Waals surface area contributed by atoms with Crippen LogP contribution >= 0.6 is 0 Å². The highest BCUT2D eigenvalue weighted by atomic mass is 16.5. The number of hydrogen-bond acceptors (Lipinski definition) is 5. The van der Waals surface area contributed by atoms with Crippen LogP contribution < -0.4 is 4.90 Å². The zero-order valence-corrected chi connectivity index (χ0v) is 12.3. The van der Waals surface area contributed by atoms with E-state index in [1.54, 1.807) is 39.3 Å². The first-order valence-electron chi connectivity index (χ1n) is 6.59. The molecule has 1 aromatic rings. The normalized spacial score (nSPS) is 11.9. The molecule has 0 fully saturated rings. The third-order valence-electron chi connectivity index (χ3n) is 3.08. The molecule has 0 saturated carbocycles. The van der Waals surface area contributed by atoms with Gasteiger partial charge in [-0.2, -0.15) is 5.26 Å². The standard InChI is InChI=1S/C15H22N2O3/c1-12(18)14-5-4-13(11-16)10-15(14)17(6-8-19-2)7-9-20-3/h4-5,10,12,18H,6-9H2,1-3H3/t12-/m1/s1. The smallest absolute Gasteiger partial charge is 0.0992 e. The van der Waals surface area contributed by atoms with Gasteiger partial charge in [0.2, 0.25) is 0 Å². The van der Waals surface area contributed by atoms with Crippen LogP contribution in [0.3, 0.4) is 0 Å². The molecule has 1 aromatic carbocycles. The summed E-state index contributed by atoms with van der Waals surface area (Å²) in [6, 6.07) is 7.44. The van der Waals surface area contributed by atoms with Gasteiger partial charge in [-0.05, 0) is 19.1 Å². The molecule has 0 amide bonds. The maximum Gasteiger partial charge on any atom is 0.0992 e. The molecular formula is C15H22N2O3. The summed E-state index contributed by atoms with van der Waals surface area (Å²) in [5.41, 5.74) is 2.23. The molecule has 20 heavy (non-hydrogen) atoms. The van der Waals surface area contributed by atoms with Gasteiger partial charge in [-0.15, -0.1) is 0 Å². The van der Waals surface area contributed by atoms with Crippen LogP contribution in [0.5, 0.6) is 0 Å². The summed E-state index contributed by atoms with van der Waals surface area (Å²) in [7, 11) is 3.30. The Hall–Kier alpha value is -1.61. The molecule has 1 rings (SSSR count). The summed E-state index contributed by atoms with van der Waals surface area (Å²) in [4.78, 5) is 2.07. The fraction of sp³-hybridized carbons (Fsp3) is 0.533. The Labute approximate surface area is 120 Å². The van der Waals surface area contributed by atoms with E-state index >= 15 is 0 Å². The quantitative estimate of drug-likeness (QED) is 0.784. The molecule has 0 radical (unpaired) electrons. The molecule has 0 saturated heterocycles. The second kappa shape index (κ2) is 8.54. The van der Waals surface area contributed by atoms with E-state index in [1.807, 2.05) is 0 Å². The molecule has 110 valence electrons. The van der Waals surface area contributed by atoms with Gasteiger partial charge in [0, 0.05) is 38.6 Å². The third-order valence-corrected chi connectivity index (χ3v) is 3.08. The Balaban J connectivity index is 3.10. The fourth-order valence-corrected chi connectivity index (χ4v) is 2.00. The number of aliphatic hydroxyl groups excluding tert-OH is 1. The summed E-state index contributed by atoms with van der Waals surface area (Å²) in [6.07, 6.45) is -0.592. The van der Waals surface area contributed by atoms with Gasteiger partial charge >= 0.3 is 0 Å². The molecule has 0 aromatic heterocycles. The second-order valence-corrected chi connectivity index (χ2v) is 4.53. The van der Waals surface area contributed by atoms with Gasteiger partial charge in [-0.3, -0.25) is 0 Å². The topological polar surface area (TPSA) is 65.7 Å². The van der Waals surface area contributed by atoms with Gasteiger partial charge < -0.3 is 19.5 Å². The van der Waals surface area contributed by atoms with Crippen molar-refractivity contribution in [2.75, 3.05) is 45.4 Å². The van der Waals surface area contributed by atoms with Crippen LogP contribution in [0.2, 0.25) is 0 Å². The largest absolute Gasteiger partial charge is 0.389 e. The Bertz CT molecular complexity index is 447. The van der Waals surface area contributed by atoms with Gasteiger partial charge in [0.1, 0.15) is 0 Å². The van der Waals surface area contributed by atoms with Gasteiger partial charge in [0.25, 0.3) is 0 Å². The van der Waals surface area contributed by atoms with E-state index in [1.165, 1.54) is 0 Å². The predicted octanol–water partition coefficient (Wildman–Crippen LogP) is 1.71. The lowest BCUT2D eigenvalue weighted by atomic mass is 10.0. The van der Waals surface area contributed by atoms with E-state index in [0.29, 0.717) is 31.9 Å². The van der Waals surface area contributed by atoms with Gasteiger partial charge in [0.05, 0.1) is 31.0 Å². The van der Waals surface area contributed by atoms with Gasteiger partial charge in [0.15, 0.2) is 0 Å². The van der Waals surface area contributed by atoms with Crippen molar-refractivity contribution >= 4 is 5.69 Å². The first kappa shape index (κ1) is 16.4. The molecular weight excluding hydrogens is 256 g/mol. The molecule has 0 bridgehead atoms. The summed E-state index contributed by atoms with van der Waals surface area (Å²) < 4.78 is 10.2. The molecule has 5 heteroatoms. The van der Waals surface area contributed by atoms with E-state index in [9.17, 15) is 5.11 Å². The Morgan fingerprint density at radius 1 is 1.25 bits per heavy atom. The van der Waals surface area contributed by atoms with Gasteiger partial charge in [-0.1, -0.05) is 6.07 Å². The van der Waals surface area contributed by atoms with E-state index in [4.69, 9.17) is 14.7 Å². The Kier molecular flexibility index (Phi) is 7.02. The molecule has 0 heterocycles. The number of nitrogens with zero attached hydrogens (tertiary/aromatic N) is 2. The van der Waals surface area contributed by atoms with Crippen LogP contribution in [0.1, 0.15) is 24.2 Å². The van der Waals surface area contributed by atoms with Crippen LogP contribution in [0.4, 0.5) is 5.69 Å². The van der Waals surface area contributed by atoms with Crippen molar-refractivity contribution in [3.05, 3.63) is 29.3 Å². The zero-order chi connectivity index (χ0) is 15.0. The third kappa shape index (κ3) is 4.49. The van der Waals surface area contributed by atoms with Crippen molar-refractivity contribution in [1.29, 1.82) is 5.26 Å². The molecule has 0 aliphatic heterocycles. The highest BCUT2D eigenvalue weighted by Gasteiger charge is 2.15. The molecule has 0 unspecified atom stereocenters. The lowest BCUT2D eigenvalue weighted by Crippen LogP contribution is -2.31. The average molecular weight is 278 g/mol. The number of ether oxygens (including phenoxy) is 2. The van der Waals surface area contributed by atoms with E-state index in [2.05, 4.69) is 11.0 Å². The van der Waals surface area contributed by atoms with E-state index in [0.717, 1.165) is 11.3 Å². The number of nitriles is 1. The van der Waals surface area contributed by atoms with Crippen LogP contribution in [-0.4, -0.2) is 45.6 Å². The number of rotatable bonds is 8. The number of benzene rings is 1. The lowest BCUT2D eigenvalue weighted by molar-refractivity contribution is 0.187. The van der Waals surface area contributed by atoms with Crippen LogP contribution in [0.15, 0.2) is 18.2 Å². The van der Waals surface area contributed by atoms with Crippen molar-refractivity contribution in [3.8, 4) is 6.07 Å². The summed E-state index contributed by atoms with van der Waals surface area (Å²) >= 11 is 0. The minimum absolute atomic E-state index is 0.569. The van der Waals surface area contributed by atoms with E-state index < -0.39 is 6.10 Å². The second-order valence-electron chi connectivity index (χ2n) is 4.53. The molecule has 1 N–H and O–H groups in total. The first-order chi connectivity index (χ1) is 9.63. The first-order valence-corrected chi connectivity index (χ1v) is 6.59. The molecule has 1 atom stereocenters. The molecule has 0 aliphatic rings. The van der Waals surface area contributed by atoms with Crippen molar-refractivity contribution < 1.29 is 14.6 Å². The Morgan fingerprint density at radius 2 is 1.85 bits per heavy atom. The van der Waals surface area contributed by atoms with E-state index in [-0.39, 0.29) is 0 Å². The average Bonchev–Trinajstić information content (AvgIpc) is 2.46. The monoisotopic (exact) mass is 278 g/mol. The highest BCUT2D eigenvalue weighted by molar-refractivity contribution is 5.58.